The summed E-state index contributed by atoms with van der Waals surface area (Å²) in [6.07, 6.45) is 0.117. The van der Waals surface area contributed by atoms with Crippen molar-refractivity contribution in [3.05, 3.63) is 35.9 Å². The monoisotopic (exact) mass is 265 g/mol. The molecule has 0 aliphatic heterocycles. The molecular weight excluding hydrogens is 253 g/mol. The van der Waals surface area contributed by atoms with Crippen LogP contribution in [0.4, 0.5) is 4.39 Å². The van der Waals surface area contributed by atoms with Crippen molar-refractivity contribution < 1.29 is 13.9 Å². The molecule has 1 amide bonds. The Hall–Kier alpha value is -2.51. The summed E-state index contributed by atoms with van der Waals surface area (Å²) in [7, 11) is 0. The Morgan fingerprint density at radius 3 is 3.00 bits per heavy atom. The predicted octanol–water partition coefficient (Wildman–Crippen LogP) is 0.424. The summed E-state index contributed by atoms with van der Waals surface area (Å²) in [5.74, 6) is -0.160. The minimum Gasteiger partial charge on any atom is -0.490 e. The Morgan fingerprint density at radius 2 is 2.26 bits per heavy atom. The largest absolute Gasteiger partial charge is 0.490 e. The van der Waals surface area contributed by atoms with Gasteiger partial charge in [-0.3, -0.25) is 4.79 Å². The Bertz CT molecular complexity index is 532. The second-order valence-corrected chi connectivity index (χ2v) is 3.63. The van der Waals surface area contributed by atoms with Gasteiger partial charge < -0.3 is 10.1 Å². The molecule has 19 heavy (non-hydrogen) atoms. The van der Waals surface area contributed by atoms with E-state index in [0.717, 1.165) is 0 Å². The van der Waals surface area contributed by atoms with Gasteiger partial charge in [0.1, 0.15) is 0 Å². The maximum absolute atomic E-state index is 13.2. The van der Waals surface area contributed by atoms with Crippen LogP contribution in [0.25, 0.3) is 0 Å². The fourth-order valence-electron chi connectivity index (χ4n) is 1.34. The molecule has 0 aliphatic carbocycles. The van der Waals surface area contributed by atoms with E-state index in [0.29, 0.717) is 5.82 Å². The average molecular weight is 265 g/mol. The van der Waals surface area contributed by atoms with Crippen LogP contribution in [0.1, 0.15) is 12.2 Å². The molecule has 0 radical (unpaired) electrons. The minimum absolute atomic E-state index is 0.0962. The third-order valence-corrected chi connectivity index (χ3v) is 2.26. The first kappa shape index (κ1) is 12.9. The molecule has 0 atom stereocenters. The number of H-pyrrole nitrogens is 1. The molecule has 0 saturated carbocycles. The second-order valence-electron chi connectivity index (χ2n) is 3.63. The van der Waals surface area contributed by atoms with Gasteiger partial charge in [0.15, 0.2) is 17.4 Å². The van der Waals surface area contributed by atoms with Gasteiger partial charge in [0.2, 0.25) is 5.91 Å². The molecule has 8 heteroatoms. The lowest BCUT2D eigenvalue weighted by Crippen LogP contribution is -2.25. The highest BCUT2D eigenvalue weighted by Crippen LogP contribution is 2.15. The fraction of sp³-hybridized carbons (Fsp3) is 0.273. The molecule has 0 bridgehead atoms. The van der Waals surface area contributed by atoms with E-state index in [1.807, 2.05) is 0 Å². The molecule has 7 nitrogen and oxygen atoms in total. The maximum Gasteiger partial charge on any atom is 0.223 e. The summed E-state index contributed by atoms with van der Waals surface area (Å²) in [4.78, 5) is 11.4. The Labute approximate surface area is 108 Å². The van der Waals surface area contributed by atoms with Crippen molar-refractivity contribution in [3.8, 4) is 5.75 Å². The highest BCUT2D eigenvalue weighted by Gasteiger charge is 2.06. The molecule has 1 heterocycles. The molecule has 0 aliphatic rings. The van der Waals surface area contributed by atoms with E-state index in [2.05, 4.69) is 25.9 Å². The van der Waals surface area contributed by atoms with Crippen molar-refractivity contribution in [1.29, 1.82) is 0 Å². The van der Waals surface area contributed by atoms with E-state index >= 15 is 0 Å². The summed E-state index contributed by atoms with van der Waals surface area (Å²) in [6, 6.07) is 6.03. The number of hydrogen-bond acceptors (Lipinski definition) is 5. The van der Waals surface area contributed by atoms with Crippen LogP contribution >= 0.6 is 0 Å². The maximum atomic E-state index is 13.2. The van der Waals surface area contributed by atoms with Gasteiger partial charge in [-0.2, -0.15) is 5.21 Å². The summed E-state index contributed by atoms with van der Waals surface area (Å²) < 4.78 is 18.4. The number of ether oxygens (including phenoxy) is 1. The van der Waals surface area contributed by atoms with Crippen LogP contribution in [0.3, 0.4) is 0 Å². The first-order chi connectivity index (χ1) is 9.25. The quantitative estimate of drug-likeness (QED) is 0.789. The molecule has 0 unspecified atom stereocenters. The number of rotatable bonds is 6. The number of halogens is 1. The minimum atomic E-state index is -0.449. The summed E-state index contributed by atoms with van der Waals surface area (Å²) in [5, 5.41) is 15.6. The third-order valence-electron chi connectivity index (χ3n) is 2.26. The van der Waals surface area contributed by atoms with Gasteiger partial charge >= 0.3 is 0 Å². The number of aromatic nitrogens is 4. The van der Waals surface area contributed by atoms with E-state index in [1.54, 1.807) is 12.1 Å². The summed E-state index contributed by atoms with van der Waals surface area (Å²) >= 11 is 0. The number of benzene rings is 1. The number of carbonyl (C=O) groups excluding carboxylic acids is 1. The molecule has 2 rings (SSSR count). The molecule has 2 N–H and O–H groups in total. The van der Waals surface area contributed by atoms with Crippen molar-refractivity contribution in [2.75, 3.05) is 6.61 Å². The van der Waals surface area contributed by atoms with E-state index in [-0.39, 0.29) is 31.2 Å². The molecule has 100 valence electrons. The van der Waals surface area contributed by atoms with Crippen LogP contribution in [0.15, 0.2) is 24.3 Å². The van der Waals surface area contributed by atoms with Gasteiger partial charge in [0.25, 0.3) is 0 Å². The SMILES string of the molecule is O=C(CCOc1ccccc1F)NCc1nn[nH]n1. The standard InChI is InChI=1S/C11H12FN5O2/c12-8-3-1-2-4-9(8)19-6-5-11(18)13-7-10-14-16-17-15-10/h1-4H,5-7H2,(H,13,18)(H,14,15,16,17). The molecular formula is C11H12FN5O2. The lowest BCUT2D eigenvalue weighted by atomic mass is 10.3. The lowest BCUT2D eigenvalue weighted by molar-refractivity contribution is -0.121. The number of nitrogens with one attached hydrogen (secondary N) is 2. The van der Waals surface area contributed by atoms with Crippen LogP contribution in [-0.2, 0) is 11.3 Å². The Kier molecular flexibility index (Phi) is 4.38. The number of nitrogens with zero attached hydrogens (tertiary/aromatic N) is 3. The number of aromatic amines is 1. The number of tetrazole rings is 1. The predicted molar refractivity (Wildman–Crippen MR) is 62.5 cm³/mol. The van der Waals surface area contributed by atoms with Crippen LogP contribution in [-0.4, -0.2) is 33.1 Å². The molecule has 1 aromatic heterocycles. The third kappa shape index (κ3) is 4.02. The smallest absolute Gasteiger partial charge is 0.223 e. The van der Waals surface area contributed by atoms with Crippen LogP contribution in [0.2, 0.25) is 0 Å². The van der Waals surface area contributed by atoms with E-state index in [4.69, 9.17) is 4.74 Å². The van der Waals surface area contributed by atoms with Crippen molar-refractivity contribution >= 4 is 5.91 Å². The summed E-state index contributed by atoms with van der Waals surface area (Å²) in [6.45, 7) is 0.286. The van der Waals surface area contributed by atoms with Gasteiger partial charge in [0, 0.05) is 0 Å². The van der Waals surface area contributed by atoms with Crippen LogP contribution in [0, 0.1) is 5.82 Å². The number of amides is 1. The zero-order chi connectivity index (χ0) is 13.5. The fourth-order valence-corrected chi connectivity index (χ4v) is 1.34. The van der Waals surface area contributed by atoms with Gasteiger partial charge in [-0.05, 0) is 12.1 Å². The van der Waals surface area contributed by atoms with Crippen molar-refractivity contribution in [2.24, 2.45) is 0 Å². The van der Waals surface area contributed by atoms with Gasteiger partial charge in [-0.1, -0.05) is 17.3 Å². The average Bonchev–Trinajstić information content (AvgIpc) is 2.92. The molecule has 0 spiro atoms. The number of hydrogen-bond donors (Lipinski definition) is 2. The van der Waals surface area contributed by atoms with Gasteiger partial charge in [-0.15, -0.1) is 10.2 Å². The van der Waals surface area contributed by atoms with Crippen molar-refractivity contribution in [1.82, 2.24) is 25.9 Å². The number of para-hydroxylation sites is 1. The topological polar surface area (TPSA) is 92.8 Å². The van der Waals surface area contributed by atoms with Crippen molar-refractivity contribution in [2.45, 2.75) is 13.0 Å². The van der Waals surface area contributed by atoms with Crippen LogP contribution in [0.5, 0.6) is 5.75 Å². The first-order valence-corrected chi connectivity index (χ1v) is 5.62. The zero-order valence-electron chi connectivity index (χ0n) is 9.97. The molecule has 2 aromatic rings. The normalized spacial score (nSPS) is 10.2. The highest BCUT2D eigenvalue weighted by molar-refractivity contribution is 5.75. The lowest BCUT2D eigenvalue weighted by Gasteiger charge is -2.06. The molecule has 0 saturated heterocycles. The summed E-state index contributed by atoms with van der Waals surface area (Å²) in [5.41, 5.74) is 0. The van der Waals surface area contributed by atoms with Crippen LogP contribution < -0.4 is 10.1 Å². The van der Waals surface area contributed by atoms with Crippen molar-refractivity contribution in [3.63, 3.8) is 0 Å². The van der Waals surface area contributed by atoms with E-state index < -0.39 is 5.82 Å². The Morgan fingerprint density at radius 1 is 1.42 bits per heavy atom. The van der Waals surface area contributed by atoms with E-state index in [9.17, 15) is 9.18 Å². The van der Waals surface area contributed by atoms with Gasteiger partial charge in [-0.25, -0.2) is 4.39 Å². The first-order valence-electron chi connectivity index (χ1n) is 5.62. The zero-order valence-corrected chi connectivity index (χ0v) is 9.97. The Balaban J connectivity index is 1.68. The molecule has 0 fully saturated rings. The van der Waals surface area contributed by atoms with Gasteiger partial charge in [0.05, 0.1) is 19.6 Å². The molecule has 1 aromatic carbocycles. The number of carbonyl (C=O) groups is 1. The highest BCUT2D eigenvalue weighted by atomic mass is 19.1. The second kappa shape index (κ2) is 6.43. The van der Waals surface area contributed by atoms with E-state index in [1.165, 1.54) is 12.1 Å².